The molecule has 8 heteroatoms. The second-order valence-corrected chi connectivity index (χ2v) is 7.19. The highest BCUT2D eigenvalue weighted by Gasteiger charge is 2.35. The summed E-state index contributed by atoms with van der Waals surface area (Å²) in [6.45, 7) is 1.79. The van der Waals surface area contributed by atoms with Crippen molar-refractivity contribution in [2.75, 3.05) is 5.32 Å². The first-order chi connectivity index (χ1) is 13.9. The van der Waals surface area contributed by atoms with Crippen LogP contribution in [0.25, 0.3) is 17.0 Å². The molecule has 4 aromatic rings. The molecule has 0 fully saturated rings. The highest BCUT2D eigenvalue weighted by molar-refractivity contribution is 5.95. The second-order valence-electron chi connectivity index (χ2n) is 7.19. The minimum absolute atomic E-state index is 0.0163. The molecule has 0 spiro atoms. The number of aromatic nitrogens is 4. The minimum Gasteiger partial charge on any atom is -0.311 e. The predicted molar refractivity (Wildman–Crippen MR) is 104 cm³/mol. The molecule has 1 atom stereocenters. The minimum atomic E-state index is -0.627. The first-order valence-electron chi connectivity index (χ1n) is 9.20. The van der Waals surface area contributed by atoms with Crippen molar-refractivity contribution in [2.24, 2.45) is 7.05 Å². The topological polar surface area (TPSA) is 64.7 Å². The average Bonchev–Trinajstić information content (AvgIpc) is 3.20. The van der Waals surface area contributed by atoms with Gasteiger partial charge in [-0.2, -0.15) is 9.78 Å². The third kappa shape index (κ3) is 2.63. The Morgan fingerprint density at radius 1 is 1.17 bits per heavy atom. The Balaban J connectivity index is 1.73. The van der Waals surface area contributed by atoms with Crippen molar-refractivity contribution in [3.63, 3.8) is 0 Å². The number of imidazole rings is 1. The van der Waals surface area contributed by atoms with Gasteiger partial charge in [-0.3, -0.25) is 4.79 Å². The van der Waals surface area contributed by atoms with Crippen molar-refractivity contribution in [3.05, 3.63) is 70.9 Å². The Morgan fingerprint density at radius 2 is 1.97 bits per heavy atom. The van der Waals surface area contributed by atoms with Crippen LogP contribution >= 0.6 is 0 Å². The van der Waals surface area contributed by atoms with E-state index >= 15 is 0 Å². The number of nitrogens with zero attached hydrogens (tertiary/aromatic N) is 4. The molecule has 0 bridgehead atoms. The van der Waals surface area contributed by atoms with Gasteiger partial charge >= 0.3 is 0 Å². The lowest BCUT2D eigenvalue weighted by molar-refractivity contribution is -0.116. The summed E-state index contributed by atoms with van der Waals surface area (Å²) in [5.74, 6) is -1.05. The molecule has 1 aliphatic rings. The summed E-state index contributed by atoms with van der Waals surface area (Å²) in [7, 11) is 1.86. The van der Waals surface area contributed by atoms with Gasteiger partial charge in [-0.25, -0.2) is 13.8 Å². The van der Waals surface area contributed by atoms with E-state index in [1.807, 2.05) is 35.9 Å². The molecule has 0 saturated carbocycles. The summed E-state index contributed by atoms with van der Waals surface area (Å²) < 4.78 is 31.8. The molecule has 0 aliphatic carbocycles. The number of carbonyl (C=O) groups is 1. The Kier molecular flexibility index (Phi) is 3.77. The van der Waals surface area contributed by atoms with E-state index in [2.05, 4.69) is 15.4 Å². The predicted octanol–water partition coefficient (Wildman–Crippen LogP) is 3.82. The van der Waals surface area contributed by atoms with E-state index in [-0.39, 0.29) is 17.9 Å². The van der Waals surface area contributed by atoms with Gasteiger partial charge in [-0.15, -0.1) is 0 Å². The van der Waals surface area contributed by atoms with E-state index in [0.717, 1.165) is 29.2 Å². The molecule has 3 heterocycles. The summed E-state index contributed by atoms with van der Waals surface area (Å²) in [5.41, 5.74) is 3.15. The van der Waals surface area contributed by atoms with Crippen molar-refractivity contribution in [1.29, 1.82) is 0 Å². The fourth-order valence-corrected chi connectivity index (χ4v) is 4.06. The molecule has 0 saturated heterocycles. The van der Waals surface area contributed by atoms with Crippen LogP contribution in [-0.2, 0) is 11.8 Å². The Bertz CT molecular complexity index is 1290. The average molecular weight is 393 g/mol. The molecule has 29 heavy (non-hydrogen) atoms. The molecule has 1 aliphatic heterocycles. The highest BCUT2D eigenvalue weighted by Crippen LogP contribution is 2.41. The van der Waals surface area contributed by atoms with Crippen molar-refractivity contribution in [3.8, 4) is 5.95 Å². The number of nitrogens with one attached hydrogen (secondary N) is 1. The molecule has 6 nitrogen and oxygen atoms in total. The van der Waals surface area contributed by atoms with Crippen LogP contribution in [0.2, 0.25) is 0 Å². The Hall–Kier alpha value is -3.55. The van der Waals surface area contributed by atoms with E-state index in [4.69, 9.17) is 0 Å². The van der Waals surface area contributed by atoms with E-state index in [0.29, 0.717) is 23.0 Å². The maximum Gasteiger partial charge on any atom is 0.233 e. The fraction of sp³-hybridized carbons (Fsp3) is 0.190. The number of anilines is 1. The van der Waals surface area contributed by atoms with Gasteiger partial charge in [0.25, 0.3) is 0 Å². The monoisotopic (exact) mass is 393 g/mol. The van der Waals surface area contributed by atoms with Crippen molar-refractivity contribution in [2.45, 2.75) is 19.3 Å². The quantitative estimate of drug-likeness (QED) is 0.563. The normalized spacial score (nSPS) is 16.1. The first kappa shape index (κ1) is 17.5. The molecule has 2 aromatic carbocycles. The van der Waals surface area contributed by atoms with Crippen LogP contribution in [0.3, 0.4) is 0 Å². The zero-order valence-electron chi connectivity index (χ0n) is 15.8. The van der Waals surface area contributed by atoms with Crippen LogP contribution in [0.15, 0.2) is 42.5 Å². The number of rotatable bonds is 2. The summed E-state index contributed by atoms with van der Waals surface area (Å²) in [4.78, 5) is 17.1. The van der Waals surface area contributed by atoms with Gasteiger partial charge in [0.05, 0.1) is 16.7 Å². The smallest absolute Gasteiger partial charge is 0.233 e. The summed E-state index contributed by atoms with van der Waals surface area (Å²) in [5, 5.41) is 7.43. The van der Waals surface area contributed by atoms with Crippen molar-refractivity contribution in [1.82, 2.24) is 19.3 Å². The molecule has 0 unspecified atom stereocenters. The molecular formula is C21H17F2N5O. The van der Waals surface area contributed by atoms with Gasteiger partial charge in [0.15, 0.2) is 0 Å². The Labute approximate surface area is 164 Å². The van der Waals surface area contributed by atoms with E-state index in [1.54, 1.807) is 11.6 Å². The highest BCUT2D eigenvalue weighted by atomic mass is 19.1. The molecule has 1 N–H and O–H groups in total. The van der Waals surface area contributed by atoms with Crippen LogP contribution in [0.5, 0.6) is 0 Å². The second kappa shape index (κ2) is 6.23. The fourth-order valence-electron chi connectivity index (χ4n) is 4.06. The molecular weight excluding hydrogens is 376 g/mol. The van der Waals surface area contributed by atoms with Crippen LogP contribution in [0.1, 0.15) is 29.2 Å². The number of aryl methyl sites for hydroxylation is 2. The maximum atomic E-state index is 14.5. The van der Waals surface area contributed by atoms with Gasteiger partial charge in [0.1, 0.15) is 17.5 Å². The lowest BCUT2D eigenvalue weighted by Gasteiger charge is -2.24. The SMILES string of the molecule is Cc1nn(-c2nc3ccccc3n2C)c2c1[C@H](c1cc(F)ccc1F)CC(=O)N2. The van der Waals surface area contributed by atoms with Crippen LogP contribution < -0.4 is 5.32 Å². The third-order valence-electron chi connectivity index (χ3n) is 5.39. The van der Waals surface area contributed by atoms with Crippen LogP contribution in [0.4, 0.5) is 14.6 Å². The lowest BCUT2D eigenvalue weighted by atomic mass is 9.85. The molecule has 1 amide bonds. The van der Waals surface area contributed by atoms with Crippen molar-refractivity contribution >= 4 is 22.8 Å². The number of para-hydroxylation sites is 2. The number of benzene rings is 2. The first-order valence-corrected chi connectivity index (χ1v) is 9.20. The van der Waals surface area contributed by atoms with Gasteiger partial charge in [0, 0.05) is 24.9 Å². The maximum absolute atomic E-state index is 14.5. The van der Waals surface area contributed by atoms with E-state index < -0.39 is 17.6 Å². The summed E-state index contributed by atoms with van der Waals surface area (Å²) >= 11 is 0. The lowest BCUT2D eigenvalue weighted by Crippen LogP contribution is -2.26. The molecule has 5 rings (SSSR count). The van der Waals surface area contributed by atoms with E-state index in [9.17, 15) is 13.6 Å². The number of carbonyl (C=O) groups excluding carboxylic acids is 1. The van der Waals surface area contributed by atoms with Gasteiger partial charge < -0.3 is 9.88 Å². The number of hydrogen-bond acceptors (Lipinski definition) is 3. The largest absolute Gasteiger partial charge is 0.311 e. The number of hydrogen-bond donors (Lipinski definition) is 1. The zero-order chi connectivity index (χ0) is 20.3. The van der Waals surface area contributed by atoms with Crippen LogP contribution in [0, 0.1) is 18.6 Å². The molecule has 146 valence electrons. The standard InChI is InChI=1S/C21H17F2N5O/c1-11-19-14(13-9-12(22)7-8-15(13)23)10-18(29)25-20(19)28(26-11)21-24-16-5-3-4-6-17(16)27(21)2/h3-9,14H,10H2,1-2H3,(H,25,29)/t14-/m0/s1. The van der Waals surface area contributed by atoms with Crippen molar-refractivity contribution < 1.29 is 13.6 Å². The van der Waals surface area contributed by atoms with E-state index in [1.165, 1.54) is 0 Å². The number of halogens is 2. The number of fused-ring (bicyclic) bond motifs is 2. The molecule has 0 radical (unpaired) electrons. The third-order valence-corrected chi connectivity index (χ3v) is 5.39. The van der Waals surface area contributed by atoms with Gasteiger partial charge in [-0.1, -0.05) is 12.1 Å². The van der Waals surface area contributed by atoms with Gasteiger partial charge in [0.2, 0.25) is 11.9 Å². The Morgan fingerprint density at radius 3 is 2.76 bits per heavy atom. The summed E-state index contributed by atoms with van der Waals surface area (Å²) in [6.07, 6.45) is 0.0163. The molecule has 2 aromatic heterocycles. The number of amides is 1. The zero-order valence-corrected chi connectivity index (χ0v) is 15.8. The summed E-state index contributed by atoms with van der Waals surface area (Å²) in [6, 6.07) is 11.0. The van der Waals surface area contributed by atoms with Gasteiger partial charge in [-0.05, 0) is 42.8 Å². The van der Waals surface area contributed by atoms with Crippen LogP contribution in [-0.4, -0.2) is 25.2 Å².